The van der Waals surface area contributed by atoms with Crippen LogP contribution in [0.4, 0.5) is 0 Å². The normalized spacial score (nSPS) is 21.1. The van der Waals surface area contributed by atoms with Gasteiger partial charge in [-0.05, 0) is 55.0 Å². The van der Waals surface area contributed by atoms with Crippen molar-refractivity contribution in [2.24, 2.45) is 0 Å². The first-order valence-electron chi connectivity index (χ1n) is 13.9. The third kappa shape index (κ3) is 6.11. The minimum absolute atomic E-state index is 0.0429. The predicted molar refractivity (Wildman–Crippen MR) is 152 cm³/mol. The number of phenolic OH excluding ortho intramolecular Hbond substituents is 1. The van der Waals surface area contributed by atoms with Crippen LogP contribution in [0.15, 0.2) is 72.8 Å². The molecule has 3 amide bonds. The van der Waals surface area contributed by atoms with Crippen molar-refractivity contribution in [3.8, 4) is 5.75 Å². The van der Waals surface area contributed by atoms with Gasteiger partial charge in [-0.3, -0.25) is 14.4 Å². The van der Waals surface area contributed by atoms with Gasteiger partial charge < -0.3 is 30.9 Å². The summed E-state index contributed by atoms with van der Waals surface area (Å²) in [4.78, 5) is 41.5. The highest BCUT2D eigenvalue weighted by Gasteiger charge is 2.43. The van der Waals surface area contributed by atoms with Gasteiger partial charge in [-0.2, -0.15) is 0 Å². The third-order valence-electron chi connectivity index (χ3n) is 8.11. The second-order valence-electron chi connectivity index (χ2n) is 10.9. The van der Waals surface area contributed by atoms with E-state index in [9.17, 15) is 29.7 Å². The Bertz CT molecular complexity index is 1430. The summed E-state index contributed by atoms with van der Waals surface area (Å²) in [6.07, 6.45) is -0.828. The fourth-order valence-corrected chi connectivity index (χ4v) is 5.85. The number of aryl methyl sites for hydroxylation is 1. The van der Waals surface area contributed by atoms with Gasteiger partial charge in [0, 0.05) is 24.1 Å². The number of carbonyl (C=O) groups excluding carboxylic acids is 3. The second kappa shape index (κ2) is 12.1. The molecular formula is C32H35N3O6. The number of hydrogen-bond acceptors (Lipinski definition) is 6. The standard InChI is InChI=1S/C32H35N3O6/c1-19-23(12-7-13-28(19)37)30(39)34-26(16-20-8-3-2-4-9-20)29(38)32(41)35-18-22(36)17-27(35)31(40)33-25-15-14-21-10-5-6-11-24(21)25/h2-13,22,25-27,29,36-38H,14-18H2,1H3,(H,33,40)(H,34,39)/t22-,25+,26+,27+,29+/m1/s1. The predicted octanol–water partition coefficient (Wildman–Crippen LogP) is 2.17. The topological polar surface area (TPSA) is 139 Å². The van der Waals surface area contributed by atoms with Gasteiger partial charge in [0.1, 0.15) is 11.8 Å². The van der Waals surface area contributed by atoms with Crippen LogP contribution in [-0.2, 0) is 22.4 Å². The molecule has 5 rings (SSSR count). The minimum Gasteiger partial charge on any atom is -0.508 e. The van der Waals surface area contributed by atoms with E-state index >= 15 is 0 Å². The molecule has 0 unspecified atom stereocenters. The number of β-amino-alcohol motifs (C(OH)–C–C–N with tert-alkyl or cyclic N) is 1. The summed E-state index contributed by atoms with van der Waals surface area (Å²) in [5, 5.41) is 37.7. The summed E-state index contributed by atoms with van der Waals surface area (Å²) in [6, 6.07) is 19.4. The maximum absolute atomic E-state index is 13.7. The van der Waals surface area contributed by atoms with Crippen molar-refractivity contribution in [2.45, 2.75) is 62.9 Å². The van der Waals surface area contributed by atoms with Crippen LogP contribution in [0.1, 0.15) is 51.5 Å². The number of carbonyl (C=O) groups is 3. The van der Waals surface area contributed by atoms with E-state index in [-0.39, 0.29) is 42.6 Å². The van der Waals surface area contributed by atoms with Gasteiger partial charge in [0.05, 0.1) is 18.2 Å². The van der Waals surface area contributed by atoms with Crippen LogP contribution in [0.2, 0.25) is 0 Å². The van der Waals surface area contributed by atoms with Crippen molar-refractivity contribution in [1.82, 2.24) is 15.5 Å². The molecule has 0 aromatic heterocycles. The Kier molecular flexibility index (Phi) is 8.37. The maximum atomic E-state index is 13.7. The van der Waals surface area contributed by atoms with Crippen molar-refractivity contribution in [2.75, 3.05) is 6.54 Å². The average Bonchev–Trinajstić information content (AvgIpc) is 3.57. The van der Waals surface area contributed by atoms with Crippen molar-refractivity contribution in [1.29, 1.82) is 0 Å². The van der Waals surface area contributed by atoms with E-state index in [4.69, 9.17) is 0 Å². The molecule has 9 heteroatoms. The number of aliphatic hydroxyl groups is 2. The number of nitrogens with zero attached hydrogens (tertiary/aromatic N) is 1. The molecule has 0 spiro atoms. The van der Waals surface area contributed by atoms with Gasteiger partial charge in [-0.15, -0.1) is 0 Å². The Balaban J connectivity index is 1.34. The number of hydrogen-bond donors (Lipinski definition) is 5. The Morgan fingerprint density at radius 1 is 1.00 bits per heavy atom. The number of amides is 3. The van der Waals surface area contributed by atoms with Crippen molar-refractivity contribution in [3.63, 3.8) is 0 Å². The summed E-state index contributed by atoms with van der Waals surface area (Å²) in [7, 11) is 0. The first-order chi connectivity index (χ1) is 19.7. The monoisotopic (exact) mass is 557 g/mol. The van der Waals surface area contributed by atoms with Crippen LogP contribution >= 0.6 is 0 Å². The number of aliphatic hydroxyl groups excluding tert-OH is 2. The number of aromatic hydroxyl groups is 1. The molecule has 1 heterocycles. The molecule has 0 saturated carbocycles. The summed E-state index contributed by atoms with van der Waals surface area (Å²) < 4.78 is 0. The molecule has 0 bridgehead atoms. The molecule has 214 valence electrons. The van der Waals surface area contributed by atoms with Gasteiger partial charge in [0.2, 0.25) is 5.91 Å². The quantitative estimate of drug-likeness (QED) is 0.288. The summed E-state index contributed by atoms with van der Waals surface area (Å²) in [5.74, 6) is -1.73. The third-order valence-corrected chi connectivity index (χ3v) is 8.11. The average molecular weight is 558 g/mol. The second-order valence-corrected chi connectivity index (χ2v) is 10.9. The fraction of sp³-hybridized carbons (Fsp3) is 0.344. The first-order valence-corrected chi connectivity index (χ1v) is 13.9. The zero-order chi connectivity index (χ0) is 29.1. The van der Waals surface area contributed by atoms with E-state index in [1.807, 2.05) is 54.6 Å². The van der Waals surface area contributed by atoms with Crippen LogP contribution in [-0.4, -0.2) is 68.8 Å². The molecule has 2 aliphatic rings. The highest BCUT2D eigenvalue weighted by molar-refractivity contribution is 5.97. The lowest BCUT2D eigenvalue weighted by Gasteiger charge is -2.31. The molecule has 41 heavy (non-hydrogen) atoms. The van der Waals surface area contributed by atoms with Crippen LogP contribution in [0.25, 0.3) is 0 Å². The lowest BCUT2D eigenvalue weighted by molar-refractivity contribution is -0.146. The molecule has 5 N–H and O–H groups in total. The SMILES string of the molecule is Cc1c(O)cccc1C(=O)N[C@@H](Cc1ccccc1)[C@H](O)C(=O)N1C[C@H](O)C[C@H]1C(=O)N[C@H]1CCc2ccccc21. The fourth-order valence-electron chi connectivity index (χ4n) is 5.85. The smallest absolute Gasteiger partial charge is 0.254 e. The van der Waals surface area contributed by atoms with E-state index < -0.39 is 36.1 Å². The molecule has 0 radical (unpaired) electrons. The Morgan fingerprint density at radius 3 is 2.51 bits per heavy atom. The molecule has 9 nitrogen and oxygen atoms in total. The van der Waals surface area contributed by atoms with Gasteiger partial charge >= 0.3 is 0 Å². The van der Waals surface area contributed by atoms with E-state index in [1.165, 1.54) is 16.5 Å². The van der Waals surface area contributed by atoms with Gasteiger partial charge in [-0.25, -0.2) is 0 Å². The number of benzene rings is 3. The summed E-state index contributed by atoms with van der Waals surface area (Å²) in [5.41, 5.74) is 3.60. The molecule has 1 aliphatic carbocycles. The molecule has 1 saturated heterocycles. The number of likely N-dealkylation sites (tertiary alicyclic amines) is 1. The Labute approximate surface area is 238 Å². The van der Waals surface area contributed by atoms with Crippen molar-refractivity contribution in [3.05, 3.63) is 101 Å². The molecular weight excluding hydrogens is 522 g/mol. The minimum atomic E-state index is -1.69. The lowest BCUT2D eigenvalue weighted by atomic mass is 9.98. The number of phenols is 1. The van der Waals surface area contributed by atoms with Crippen LogP contribution < -0.4 is 10.6 Å². The van der Waals surface area contributed by atoms with Crippen LogP contribution in [0.5, 0.6) is 5.75 Å². The van der Waals surface area contributed by atoms with E-state index in [2.05, 4.69) is 10.6 Å². The van der Waals surface area contributed by atoms with E-state index in [0.717, 1.165) is 24.0 Å². The van der Waals surface area contributed by atoms with Crippen molar-refractivity contribution >= 4 is 17.7 Å². The van der Waals surface area contributed by atoms with Crippen molar-refractivity contribution < 1.29 is 29.7 Å². The van der Waals surface area contributed by atoms with Gasteiger partial charge in [0.15, 0.2) is 6.10 Å². The largest absolute Gasteiger partial charge is 0.508 e. The Hall–Kier alpha value is -4.21. The summed E-state index contributed by atoms with van der Waals surface area (Å²) >= 11 is 0. The molecule has 1 fully saturated rings. The molecule has 5 atom stereocenters. The van der Waals surface area contributed by atoms with Gasteiger partial charge in [-0.1, -0.05) is 60.7 Å². The van der Waals surface area contributed by atoms with Gasteiger partial charge in [0.25, 0.3) is 11.8 Å². The highest BCUT2D eigenvalue weighted by atomic mass is 16.3. The number of rotatable bonds is 8. The van der Waals surface area contributed by atoms with E-state index in [0.29, 0.717) is 5.56 Å². The van der Waals surface area contributed by atoms with Crippen LogP contribution in [0, 0.1) is 6.92 Å². The molecule has 3 aromatic carbocycles. The number of nitrogens with one attached hydrogen (secondary N) is 2. The lowest BCUT2D eigenvalue weighted by Crippen LogP contribution is -2.56. The zero-order valence-corrected chi connectivity index (χ0v) is 22.9. The molecule has 3 aromatic rings. The highest BCUT2D eigenvalue weighted by Crippen LogP contribution is 2.31. The zero-order valence-electron chi connectivity index (χ0n) is 22.9. The summed E-state index contributed by atoms with van der Waals surface area (Å²) in [6.45, 7) is 1.50. The Morgan fingerprint density at radius 2 is 1.73 bits per heavy atom. The van der Waals surface area contributed by atoms with E-state index in [1.54, 1.807) is 19.1 Å². The van der Waals surface area contributed by atoms with Crippen LogP contribution in [0.3, 0.4) is 0 Å². The molecule has 1 aliphatic heterocycles. The number of fused-ring (bicyclic) bond motifs is 1. The first kappa shape index (κ1) is 28.3. The maximum Gasteiger partial charge on any atom is 0.254 e.